The predicted molar refractivity (Wildman–Crippen MR) is 85.3 cm³/mol. The summed E-state index contributed by atoms with van der Waals surface area (Å²) in [6, 6.07) is 0. The molecule has 130 valence electrons. The zero-order valence-electron chi connectivity index (χ0n) is 14.0. The van der Waals surface area contributed by atoms with Gasteiger partial charge in [-0.25, -0.2) is 0 Å². The molecule has 0 amide bonds. The van der Waals surface area contributed by atoms with Gasteiger partial charge in [0.25, 0.3) is 0 Å². The lowest BCUT2D eigenvalue weighted by atomic mass is 10.1. The van der Waals surface area contributed by atoms with E-state index in [9.17, 15) is 5.11 Å². The molecule has 4 N–H and O–H groups in total. The van der Waals surface area contributed by atoms with E-state index in [1.807, 2.05) is 13.8 Å². The van der Waals surface area contributed by atoms with Crippen molar-refractivity contribution < 1.29 is 25.2 Å². The molecule has 0 bridgehead atoms. The topological polar surface area (TPSA) is 90.2 Å². The molecule has 0 aliphatic carbocycles. The van der Waals surface area contributed by atoms with E-state index in [-0.39, 0.29) is 19.3 Å². The summed E-state index contributed by atoms with van der Waals surface area (Å²) in [4.78, 5) is 0. The van der Waals surface area contributed by atoms with E-state index in [2.05, 4.69) is 6.92 Å². The lowest BCUT2D eigenvalue weighted by molar-refractivity contribution is -0.0598. The molecular weight excluding hydrogens is 272 g/mol. The van der Waals surface area contributed by atoms with Crippen molar-refractivity contribution in [3.63, 3.8) is 0 Å². The third kappa shape index (κ3) is 16.0. The zero-order chi connectivity index (χ0) is 16.5. The average molecular weight is 308 g/mol. The predicted octanol–water partition coefficient (Wildman–Crippen LogP) is 1.85. The monoisotopic (exact) mass is 308 g/mol. The van der Waals surface area contributed by atoms with Gasteiger partial charge in [-0.3, -0.25) is 0 Å². The maximum Gasteiger partial charge on any atom is 0.103 e. The van der Waals surface area contributed by atoms with Gasteiger partial charge < -0.3 is 25.2 Å². The van der Waals surface area contributed by atoms with Crippen LogP contribution in [0.3, 0.4) is 0 Å². The van der Waals surface area contributed by atoms with Crippen molar-refractivity contribution in [1.29, 1.82) is 0 Å². The summed E-state index contributed by atoms with van der Waals surface area (Å²) in [5.74, 6) is 0. The first-order valence-electron chi connectivity index (χ1n) is 8.26. The highest BCUT2D eigenvalue weighted by atomic mass is 16.5. The molecule has 0 saturated heterocycles. The van der Waals surface area contributed by atoms with E-state index in [0.717, 1.165) is 19.3 Å². The highest BCUT2D eigenvalue weighted by Gasteiger charge is 2.16. The maximum absolute atomic E-state index is 9.35. The van der Waals surface area contributed by atoms with Crippen LogP contribution in [0, 0.1) is 0 Å². The fraction of sp³-hybridized carbons (Fsp3) is 1.00. The van der Waals surface area contributed by atoms with Crippen LogP contribution in [0.5, 0.6) is 0 Å². The Morgan fingerprint density at radius 3 is 1.90 bits per heavy atom. The molecule has 21 heavy (non-hydrogen) atoms. The molecule has 3 unspecified atom stereocenters. The minimum Gasteiger partial charge on any atom is -0.394 e. The number of ether oxygens (including phenoxy) is 1. The Morgan fingerprint density at radius 1 is 0.857 bits per heavy atom. The minimum absolute atomic E-state index is 0.103. The van der Waals surface area contributed by atoms with Crippen molar-refractivity contribution in [2.75, 3.05) is 19.8 Å². The standard InChI is InChI=1S/C11H24O3.C5H12O2/c1-3-5-6-7-8-14-11(4-2)10(13)9-12;1-2-3-5(7)4-6/h10-13H,3-9H2,1-2H3;5-7H,2-4H2,1H3. The van der Waals surface area contributed by atoms with Gasteiger partial charge in [0.15, 0.2) is 0 Å². The van der Waals surface area contributed by atoms with Crippen LogP contribution in [0.4, 0.5) is 0 Å². The van der Waals surface area contributed by atoms with Gasteiger partial charge >= 0.3 is 0 Å². The molecule has 0 fully saturated rings. The SMILES string of the molecule is CCCC(O)CO.CCCCCCOC(CC)C(O)CO. The first-order valence-corrected chi connectivity index (χ1v) is 8.26. The molecule has 0 saturated carbocycles. The van der Waals surface area contributed by atoms with Crippen molar-refractivity contribution in [2.24, 2.45) is 0 Å². The highest BCUT2D eigenvalue weighted by molar-refractivity contribution is 4.65. The van der Waals surface area contributed by atoms with Crippen LogP contribution in [0.1, 0.15) is 65.7 Å². The van der Waals surface area contributed by atoms with E-state index in [1.165, 1.54) is 19.3 Å². The van der Waals surface area contributed by atoms with Gasteiger partial charge in [0.2, 0.25) is 0 Å². The van der Waals surface area contributed by atoms with Gasteiger partial charge in [-0.1, -0.05) is 46.5 Å². The van der Waals surface area contributed by atoms with Gasteiger partial charge in [-0.05, 0) is 19.3 Å². The average Bonchev–Trinajstić information content (AvgIpc) is 2.51. The Bertz CT molecular complexity index is 190. The first kappa shape index (κ1) is 23.1. The van der Waals surface area contributed by atoms with Gasteiger partial charge in [-0.15, -0.1) is 0 Å². The van der Waals surface area contributed by atoms with Crippen LogP contribution >= 0.6 is 0 Å². The molecule has 0 radical (unpaired) electrons. The molecule has 0 spiro atoms. The summed E-state index contributed by atoms with van der Waals surface area (Å²) >= 11 is 0. The lowest BCUT2D eigenvalue weighted by Crippen LogP contribution is -2.31. The van der Waals surface area contributed by atoms with Crippen LogP contribution in [-0.4, -0.2) is 58.6 Å². The molecule has 5 heteroatoms. The number of aliphatic hydroxyl groups excluding tert-OH is 4. The van der Waals surface area contributed by atoms with Crippen LogP contribution in [0.2, 0.25) is 0 Å². The zero-order valence-corrected chi connectivity index (χ0v) is 14.0. The molecule has 0 aromatic carbocycles. The van der Waals surface area contributed by atoms with Crippen LogP contribution in [0.25, 0.3) is 0 Å². The second kappa shape index (κ2) is 17.9. The lowest BCUT2D eigenvalue weighted by Gasteiger charge is -2.20. The molecule has 0 aromatic heterocycles. The Kier molecular flexibility index (Phi) is 19.6. The largest absolute Gasteiger partial charge is 0.394 e. The highest BCUT2D eigenvalue weighted by Crippen LogP contribution is 2.06. The molecule has 3 atom stereocenters. The van der Waals surface area contributed by atoms with E-state index >= 15 is 0 Å². The number of unbranched alkanes of at least 4 members (excludes halogenated alkanes) is 3. The van der Waals surface area contributed by atoms with Gasteiger partial charge in [0.05, 0.1) is 25.4 Å². The van der Waals surface area contributed by atoms with E-state index < -0.39 is 12.2 Å². The summed E-state index contributed by atoms with van der Waals surface area (Å²) in [5, 5.41) is 34.9. The third-order valence-electron chi connectivity index (χ3n) is 3.18. The fourth-order valence-corrected chi connectivity index (χ4v) is 1.81. The summed E-state index contributed by atoms with van der Waals surface area (Å²) in [5.41, 5.74) is 0. The second-order valence-corrected chi connectivity index (χ2v) is 5.25. The Hall–Kier alpha value is -0.200. The van der Waals surface area contributed by atoms with Crippen LogP contribution in [-0.2, 0) is 4.74 Å². The Morgan fingerprint density at radius 2 is 1.52 bits per heavy atom. The minimum atomic E-state index is -0.730. The van der Waals surface area contributed by atoms with E-state index in [0.29, 0.717) is 13.0 Å². The molecule has 5 nitrogen and oxygen atoms in total. The van der Waals surface area contributed by atoms with Crippen molar-refractivity contribution >= 4 is 0 Å². The molecule has 0 aromatic rings. The quantitative estimate of drug-likeness (QED) is 0.413. The molecule has 0 rings (SSSR count). The smallest absolute Gasteiger partial charge is 0.103 e. The van der Waals surface area contributed by atoms with Gasteiger partial charge in [0.1, 0.15) is 6.10 Å². The van der Waals surface area contributed by atoms with Crippen molar-refractivity contribution in [3.05, 3.63) is 0 Å². The Balaban J connectivity index is 0. The third-order valence-corrected chi connectivity index (χ3v) is 3.18. The van der Waals surface area contributed by atoms with Crippen LogP contribution in [0.15, 0.2) is 0 Å². The van der Waals surface area contributed by atoms with Crippen molar-refractivity contribution in [3.8, 4) is 0 Å². The number of aliphatic hydroxyl groups is 4. The summed E-state index contributed by atoms with van der Waals surface area (Å²) in [6.07, 6.45) is 5.63. The van der Waals surface area contributed by atoms with Crippen molar-refractivity contribution in [1.82, 2.24) is 0 Å². The Labute approximate surface area is 130 Å². The fourth-order valence-electron chi connectivity index (χ4n) is 1.81. The van der Waals surface area contributed by atoms with Crippen molar-refractivity contribution in [2.45, 2.75) is 84.0 Å². The molecular formula is C16H36O5. The molecule has 0 heterocycles. The van der Waals surface area contributed by atoms with Gasteiger partial charge in [-0.2, -0.15) is 0 Å². The molecule has 0 aliphatic rings. The number of rotatable bonds is 12. The van der Waals surface area contributed by atoms with E-state index in [4.69, 9.17) is 20.1 Å². The molecule has 0 aliphatic heterocycles. The maximum atomic E-state index is 9.35. The first-order chi connectivity index (χ1) is 10.1. The second-order valence-electron chi connectivity index (χ2n) is 5.25. The van der Waals surface area contributed by atoms with Gasteiger partial charge in [0, 0.05) is 6.61 Å². The number of hydrogen-bond donors (Lipinski definition) is 4. The summed E-state index contributed by atoms with van der Waals surface area (Å²) in [7, 11) is 0. The number of hydrogen-bond acceptors (Lipinski definition) is 5. The van der Waals surface area contributed by atoms with Crippen LogP contribution < -0.4 is 0 Å². The normalized spacial score (nSPS) is 15.0. The summed E-state index contributed by atoms with van der Waals surface area (Å²) in [6.45, 7) is 6.47. The van der Waals surface area contributed by atoms with E-state index in [1.54, 1.807) is 0 Å². The summed E-state index contributed by atoms with van der Waals surface area (Å²) < 4.78 is 5.48.